The lowest BCUT2D eigenvalue weighted by atomic mass is 9.88. The largest absolute Gasteiger partial charge is 0.394 e. The van der Waals surface area contributed by atoms with E-state index in [-0.39, 0.29) is 12.2 Å². The molecule has 0 saturated carbocycles. The maximum absolute atomic E-state index is 9.64. The Labute approximate surface area is 114 Å². The van der Waals surface area contributed by atoms with Gasteiger partial charge in [0.15, 0.2) is 0 Å². The van der Waals surface area contributed by atoms with Crippen LogP contribution in [0.15, 0.2) is 24.3 Å². The molecule has 18 heavy (non-hydrogen) atoms. The molecule has 0 aliphatic carbocycles. The summed E-state index contributed by atoms with van der Waals surface area (Å²) in [7, 11) is 1.67. The van der Waals surface area contributed by atoms with Gasteiger partial charge in [-0.2, -0.15) is 0 Å². The predicted molar refractivity (Wildman–Crippen MR) is 76.3 cm³/mol. The van der Waals surface area contributed by atoms with Crippen molar-refractivity contribution < 1.29 is 9.84 Å². The van der Waals surface area contributed by atoms with Crippen molar-refractivity contribution in [2.45, 2.75) is 38.3 Å². The maximum atomic E-state index is 9.64. The number of methoxy groups -OCH3 is 1. The van der Waals surface area contributed by atoms with E-state index in [1.165, 1.54) is 0 Å². The van der Waals surface area contributed by atoms with E-state index in [1.807, 2.05) is 45.0 Å². The fraction of sp³-hybridized carbons (Fsp3) is 0.571. The molecule has 0 heterocycles. The van der Waals surface area contributed by atoms with E-state index >= 15 is 0 Å². The van der Waals surface area contributed by atoms with Crippen LogP contribution in [0.1, 0.15) is 27.2 Å². The smallest absolute Gasteiger partial charge is 0.0659 e. The molecule has 0 bridgehead atoms. The fourth-order valence-electron chi connectivity index (χ4n) is 2.04. The Hall–Kier alpha value is -0.770. The second-order valence-corrected chi connectivity index (χ2v) is 5.87. The van der Waals surface area contributed by atoms with Crippen molar-refractivity contribution in [3.63, 3.8) is 0 Å². The van der Waals surface area contributed by atoms with Crippen molar-refractivity contribution in [3.8, 4) is 0 Å². The number of hydrogen-bond donors (Lipinski definition) is 2. The summed E-state index contributed by atoms with van der Waals surface area (Å²) >= 11 is 6.12. The zero-order valence-corrected chi connectivity index (χ0v) is 12.2. The molecule has 0 aliphatic heterocycles. The van der Waals surface area contributed by atoms with E-state index in [1.54, 1.807) is 7.11 Å². The SMILES string of the molecule is COC(C)(C)CC(C)(CO)Nc1ccccc1Cl. The van der Waals surface area contributed by atoms with E-state index < -0.39 is 5.54 Å². The lowest BCUT2D eigenvalue weighted by Crippen LogP contribution is -2.45. The summed E-state index contributed by atoms with van der Waals surface area (Å²) in [5.41, 5.74) is 0.0265. The van der Waals surface area contributed by atoms with E-state index in [0.717, 1.165) is 5.69 Å². The topological polar surface area (TPSA) is 41.5 Å². The summed E-state index contributed by atoms with van der Waals surface area (Å²) in [4.78, 5) is 0. The fourth-order valence-corrected chi connectivity index (χ4v) is 2.22. The molecule has 1 atom stereocenters. The number of ether oxygens (including phenoxy) is 1. The van der Waals surface area contributed by atoms with Crippen molar-refractivity contribution in [2.75, 3.05) is 19.0 Å². The van der Waals surface area contributed by atoms with Crippen LogP contribution in [0, 0.1) is 0 Å². The molecule has 0 aromatic heterocycles. The van der Waals surface area contributed by atoms with Gasteiger partial charge >= 0.3 is 0 Å². The Morgan fingerprint density at radius 1 is 1.28 bits per heavy atom. The Balaban J connectivity index is 2.86. The maximum Gasteiger partial charge on any atom is 0.0659 e. The highest BCUT2D eigenvalue weighted by Gasteiger charge is 2.32. The van der Waals surface area contributed by atoms with E-state index in [0.29, 0.717) is 11.4 Å². The monoisotopic (exact) mass is 271 g/mol. The Morgan fingerprint density at radius 2 is 1.89 bits per heavy atom. The van der Waals surface area contributed by atoms with Crippen LogP contribution in [0.3, 0.4) is 0 Å². The summed E-state index contributed by atoms with van der Waals surface area (Å²) in [6, 6.07) is 7.51. The first-order valence-corrected chi connectivity index (χ1v) is 6.38. The summed E-state index contributed by atoms with van der Waals surface area (Å²) in [5.74, 6) is 0. The number of rotatable bonds is 6. The molecule has 1 aromatic carbocycles. The van der Waals surface area contributed by atoms with Crippen molar-refractivity contribution in [1.29, 1.82) is 0 Å². The quantitative estimate of drug-likeness (QED) is 0.834. The molecule has 1 rings (SSSR count). The van der Waals surface area contributed by atoms with Crippen molar-refractivity contribution >= 4 is 17.3 Å². The van der Waals surface area contributed by atoms with Gasteiger partial charge in [0.05, 0.1) is 28.5 Å². The van der Waals surface area contributed by atoms with Crippen LogP contribution in [0.5, 0.6) is 0 Å². The van der Waals surface area contributed by atoms with Crippen LogP contribution in [0.2, 0.25) is 5.02 Å². The third-order valence-corrected chi connectivity index (χ3v) is 3.36. The van der Waals surface area contributed by atoms with Crippen LogP contribution >= 0.6 is 11.6 Å². The standard InChI is InChI=1S/C14H22ClNO2/c1-13(2,18-4)9-14(3,10-17)16-12-8-6-5-7-11(12)15/h5-8,16-17H,9-10H2,1-4H3. The minimum Gasteiger partial charge on any atom is -0.394 e. The Kier molecular flexibility index (Phi) is 5.02. The summed E-state index contributed by atoms with van der Waals surface area (Å²) in [6.07, 6.45) is 0.665. The summed E-state index contributed by atoms with van der Waals surface area (Å²) in [5, 5.41) is 13.6. The minimum atomic E-state index is -0.482. The number of halogens is 1. The molecule has 0 radical (unpaired) electrons. The number of hydrogen-bond acceptors (Lipinski definition) is 3. The predicted octanol–water partition coefficient (Wildman–Crippen LogP) is 3.32. The van der Waals surface area contributed by atoms with Gasteiger partial charge in [-0.15, -0.1) is 0 Å². The molecule has 102 valence electrons. The second-order valence-electron chi connectivity index (χ2n) is 5.46. The first kappa shape index (κ1) is 15.3. The number of nitrogens with one attached hydrogen (secondary N) is 1. The third-order valence-electron chi connectivity index (χ3n) is 3.03. The molecule has 2 N–H and O–H groups in total. The summed E-state index contributed by atoms with van der Waals surface area (Å²) < 4.78 is 5.42. The number of para-hydroxylation sites is 1. The van der Waals surface area contributed by atoms with Gasteiger partial charge in [0.1, 0.15) is 0 Å². The highest BCUT2D eigenvalue weighted by molar-refractivity contribution is 6.33. The number of benzene rings is 1. The van der Waals surface area contributed by atoms with Gasteiger partial charge in [0.2, 0.25) is 0 Å². The minimum absolute atomic E-state index is 0.00497. The molecular formula is C14H22ClNO2. The number of aliphatic hydroxyl groups excluding tert-OH is 1. The second kappa shape index (κ2) is 5.91. The third kappa shape index (κ3) is 4.16. The number of anilines is 1. The molecule has 0 spiro atoms. The van der Waals surface area contributed by atoms with Crippen molar-refractivity contribution in [2.24, 2.45) is 0 Å². The molecule has 3 nitrogen and oxygen atoms in total. The van der Waals surface area contributed by atoms with Gasteiger partial charge in [0, 0.05) is 13.5 Å². The lowest BCUT2D eigenvalue weighted by molar-refractivity contribution is -0.00531. The highest BCUT2D eigenvalue weighted by atomic mass is 35.5. The Bertz CT molecular complexity index is 395. The van der Waals surface area contributed by atoms with E-state index in [2.05, 4.69) is 5.32 Å². The van der Waals surface area contributed by atoms with Crippen LogP contribution in [0.25, 0.3) is 0 Å². The van der Waals surface area contributed by atoms with Crippen molar-refractivity contribution in [1.82, 2.24) is 0 Å². The van der Waals surface area contributed by atoms with Crippen LogP contribution in [-0.2, 0) is 4.74 Å². The molecule has 0 amide bonds. The first-order valence-electron chi connectivity index (χ1n) is 6.01. The van der Waals surface area contributed by atoms with Gasteiger partial charge in [-0.25, -0.2) is 0 Å². The van der Waals surface area contributed by atoms with E-state index in [9.17, 15) is 5.11 Å². The van der Waals surface area contributed by atoms with Crippen LogP contribution < -0.4 is 5.32 Å². The van der Waals surface area contributed by atoms with Crippen LogP contribution in [-0.4, -0.2) is 30.0 Å². The zero-order valence-electron chi connectivity index (χ0n) is 11.5. The average molecular weight is 272 g/mol. The van der Waals surface area contributed by atoms with Gasteiger partial charge in [-0.3, -0.25) is 0 Å². The van der Waals surface area contributed by atoms with Gasteiger partial charge in [-0.1, -0.05) is 23.7 Å². The van der Waals surface area contributed by atoms with E-state index in [4.69, 9.17) is 16.3 Å². The molecule has 0 saturated heterocycles. The number of aliphatic hydroxyl groups is 1. The average Bonchev–Trinajstić information content (AvgIpc) is 2.32. The summed E-state index contributed by atoms with van der Waals surface area (Å²) in [6.45, 7) is 5.95. The molecule has 1 aromatic rings. The van der Waals surface area contributed by atoms with Gasteiger partial charge in [-0.05, 0) is 32.9 Å². The van der Waals surface area contributed by atoms with Gasteiger partial charge < -0.3 is 15.2 Å². The first-order chi connectivity index (χ1) is 8.32. The molecule has 4 heteroatoms. The lowest BCUT2D eigenvalue weighted by Gasteiger charge is -2.37. The normalized spacial score (nSPS) is 15.2. The highest BCUT2D eigenvalue weighted by Crippen LogP contribution is 2.29. The molecule has 0 aliphatic rings. The van der Waals surface area contributed by atoms with Gasteiger partial charge in [0.25, 0.3) is 0 Å². The Morgan fingerprint density at radius 3 is 2.39 bits per heavy atom. The molecular weight excluding hydrogens is 250 g/mol. The molecule has 0 fully saturated rings. The van der Waals surface area contributed by atoms with Crippen LogP contribution in [0.4, 0.5) is 5.69 Å². The molecule has 1 unspecified atom stereocenters. The zero-order chi connectivity index (χ0) is 13.8. The van der Waals surface area contributed by atoms with Crippen molar-refractivity contribution in [3.05, 3.63) is 29.3 Å².